The number of carbonyl (C=O) groups excluding carboxylic acids is 2. The molecule has 1 aromatic rings. The molecule has 24 heavy (non-hydrogen) atoms. The van der Waals surface area contributed by atoms with E-state index in [9.17, 15) is 9.59 Å². The topological polar surface area (TPSA) is 40.6 Å². The maximum atomic E-state index is 12.5. The van der Waals surface area contributed by atoms with E-state index in [1.165, 1.54) is 12.0 Å². The van der Waals surface area contributed by atoms with Crippen LogP contribution in [0, 0.1) is 5.92 Å². The highest BCUT2D eigenvalue weighted by atomic mass is 16.2. The standard InChI is InChI=1S/C20H28N2O2/c1-15(2)17-8-6-16(7-9-17)14-19(23)21-10-12-22(13-11-21)20(24)18-4-3-5-18/h6-9,15,18H,3-5,10-14H2,1-2H3. The Bertz CT molecular complexity index is 582. The van der Waals surface area contributed by atoms with Crippen molar-refractivity contribution < 1.29 is 9.59 Å². The summed E-state index contributed by atoms with van der Waals surface area (Å²) in [5, 5.41) is 0. The van der Waals surface area contributed by atoms with E-state index in [-0.39, 0.29) is 11.8 Å². The first-order chi connectivity index (χ1) is 11.5. The third kappa shape index (κ3) is 3.80. The van der Waals surface area contributed by atoms with Crippen LogP contribution in [0.25, 0.3) is 0 Å². The Hall–Kier alpha value is -1.84. The minimum atomic E-state index is 0.169. The van der Waals surface area contributed by atoms with Crippen molar-refractivity contribution in [3.63, 3.8) is 0 Å². The summed E-state index contributed by atoms with van der Waals surface area (Å²) in [5.41, 5.74) is 2.37. The van der Waals surface area contributed by atoms with Crippen LogP contribution in [0.15, 0.2) is 24.3 Å². The highest BCUT2D eigenvalue weighted by Gasteiger charge is 2.31. The monoisotopic (exact) mass is 328 g/mol. The summed E-state index contributed by atoms with van der Waals surface area (Å²) in [4.78, 5) is 28.6. The Morgan fingerprint density at radius 2 is 1.58 bits per heavy atom. The molecule has 1 aliphatic carbocycles. The van der Waals surface area contributed by atoms with Gasteiger partial charge < -0.3 is 9.80 Å². The zero-order valence-corrected chi connectivity index (χ0v) is 14.8. The van der Waals surface area contributed by atoms with Gasteiger partial charge in [-0.15, -0.1) is 0 Å². The molecule has 4 nitrogen and oxygen atoms in total. The summed E-state index contributed by atoms with van der Waals surface area (Å²) < 4.78 is 0. The molecule has 0 atom stereocenters. The molecule has 1 saturated heterocycles. The summed E-state index contributed by atoms with van der Waals surface area (Å²) in [6, 6.07) is 8.35. The minimum Gasteiger partial charge on any atom is -0.339 e. The van der Waals surface area contributed by atoms with Crippen LogP contribution >= 0.6 is 0 Å². The van der Waals surface area contributed by atoms with Gasteiger partial charge in [-0.3, -0.25) is 9.59 Å². The normalized spacial score (nSPS) is 18.6. The van der Waals surface area contributed by atoms with Crippen LogP contribution < -0.4 is 0 Å². The van der Waals surface area contributed by atoms with Crippen molar-refractivity contribution in [1.82, 2.24) is 9.80 Å². The lowest BCUT2D eigenvalue weighted by Crippen LogP contribution is -2.52. The molecule has 2 amide bonds. The van der Waals surface area contributed by atoms with Crippen LogP contribution in [0.2, 0.25) is 0 Å². The summed E-state index contributed by atoms with van der Waals surface area (Å²) in [7, 11) is 0. The summed E-state index contributed by atoms with van der Waals surface area (Å²) in [6.07, 6.45) is 3.73. The number of amides is 2. The average Bonchev–Trinajstić information content (AvgIpc) is 2.54. The highest BCUT2D eigenvalue weighted by molar-refractivity contribution is 5.81. The predicted octanol–water partition coefficient (Wildman–Crippen LogP) is 2.82. The van der Waals surface area contributed by atoms with Gasteiger partial charge in [0.2, 0.25) is 11.8 Å². The highest BCUT2D eigenvalue weighted by Crippen LogP contribution is 2.28. The van der Waals surface area contributed by atoms with Gasteiger partial charge in [-0.25, -0.2) is 0 Å². The van der Waals surface area contributed by atoms with E-state index in [0.717, 1.165) is 18.4 Å². The first kappa shape index (κ1) is 17.0. The molecule has 3 rings (SSSR count). The van der Waals surface area contributed by atoms with E-state index < -0.39 is 0 Å². The molecule has 1 aromatic carbocycles. The van der Waals surface area contributed by atoms with Gasteiger partial charge in [0.15, 0.2) is 0 Å². The number of nitrogens with zero attached hydrogens (tertiary/aromatic N) is 2. The van der Waals surface area contributed by atoms with Gasteiger partial charge in [-0.1, -0.05) is 44.5 Å². The molecule has 130 valence electrons. The van der Waals surface area contributed by atoms with Gasteiger partial charge in [-0.2, -0.15) is 0 Å². The zero-order chi connectivity index (χ0) is 17.1. The maximum Gasteiger partial charge on any atom is 0.227 e. The lowest BCUT2D eigenvalue weighted by molar-refractivity contribution is -0.143. The van der Waals surface area contributed by atoms with Crippen molar-refractivity contribution in [2.75, 3.05) is 26.2 Å². The van der Waals surface area contributed by atoms with E-state index in [1.54, 1.807) is 0 Å². The molecule has 0 radical (unpaired) electrons. The van der Waals surface area contributed by atoms with Crippen molar-refractivity contribution in [3.8, 4) is 0 Å². The fourth-order valence-corrected chi connectivity index (χ4v) is 3.40. The Kier molecular flexibility index (Phi) is 5.22. The molecule has 1 heterocycles. The van der Waals surface area contributed by atoms with Crippen LogP contribution in [0.4, 0.5) is 0 Å². The van der Waals surface area contributed by atoms with E-state index in [1.807, 2.05) is 9.80 Å². The Balaban J connectivity index is 1.48. The first-order valence-electron chi connectivity index (χ1n) is 9.20. The summed E-state index contributed by atoms with van der Waals surface area (Å²) in [5.74, 6) is 1.24. The predicted molar refractivity (Wildman–Crippen MR) is 94.7 cm³/mol. The number of rotatable bonds is 4. The summed E-state index contributed by atoms with van der Waals surface area (Å²) >= 11 is 0. The number of carbonyl (C=O) groups is 2. The molecule has 0 unspecified atom stereocenters. The molecule has 2 fully saturated rings. The van der Waals surface area contributed by atoms with Gasteiger partial charge in [0.25, 0.3) is 0 Å². The molecule has 0 N–H and O–H groups in total. The number of benzene rings is 1. The number of hydrogen-bond donors (Lipinski definition) is 0. The van der Waals surface area contributed by atoms with E-state index in [0.29, 0.717) is 44.4 Å². The van der Waals surface area contributed by atoms with Crippen LogP contribution in [0.5, 0.6) is 0 Å². The van der Waals surface area contributed by atoms with Crippen molar-refractivity contribution in [2.45, 2.75) is 45.4 Å². The molecule has 1 saturated carbocycles. The molecule has 2 aliphatic rings. The van der Waals surface area contributed by atoms with Crippen molar-refractivity contribution in [3.05, 3.63) is 35.4 Å². The SMILES string of the molecule is CC(C)c1ccc(CC(=O)N2CCN(C(=O)C3CCC3)CC2)cc1. The van der Waals surface area contributed by atoms with Crippen LogP contribution in [-0.2, 0) is 16.0 Å². The van der Waals surface area contributed by atoms with Crippen molar-refractivity contribution in [2.24, 2.45) is 5.92 Å². The van der Waals surface area contributed by atoms with E-state index >= 15 is 0 Å². The molecule has 0 aromatic heterocycles. The second kappa shape index (κ2) is 7.37. The molecule has 1 aliphatic heterocycles. The molecule has 4 heteroatoms. The van der Waals surface area contributed by atoms with Crippen molar-refractivity contribution in [1.29, 1.82) is 0 Å². The van der Waals surface area contributed by atoms with Crippen molar-refractivity contribution >= 4 is 11.8 Å². The number of piperazine rings is 1. The van der Waals surface area contributed by atoms with Gasteiger partial charge >= 0.3 is 0 Å². The van der Waals surface area contributed by atoms with Gasteiger partial charge in [0.1, 0.15) is 0 Å². The van der Waals surface area contributed by atoms with Gasteiger partial charge in [0.05, 0.1) is 6.42 Å². The quantitative estimate of drug-likeness (QED) is 0.853. The third-order valence-corrected chi connectivity index (χ3v) is 5.40. The fourth-order valence-electron chi connectivity index (χ4n) is 3.40. The molecule has 0 spiro atoms. The molecular formula is C20H28N2O2. The lowest BCUT2D eigenvalue weighted by Gasteiger charge is -2.38. The third-order valence-electron chi connectivity index (χ3n) is 5.40. The Morgan fingerprint density at radius 1 is 1.00 bits per heavy atom. The summed E-state index contributed by atoms with van der Waals surface area (Å²) in [6.45, 7) is 7.05. The Morgan fingerprint density at radius 3 is 2.08 bits per heavy atom. The fraction of sp³-hybridized carbons (Fsp3) is 0.600. The van der Waals surface area contributed by atoms with E-state index in [2.05, 4.69) is 38.1 Å². The minimum absolute atomic E-state index is 0.169. The second-order valence-electron chi connectivity index (χ2n) is 7.41. The average molecular weight is 328 g/mol. The zero-order valence-electron chi connectivity index (χ0n) is 14.8. The molecule has 0 bridgehead atoms. The largest absolute Gasteiger partial charge is 0.339 e. The first-order valence-corrected chi connectivity index (χ1v) is 9.20. The lowest BCUT2D eigenvalue weighted by atomic mass is 9.84. The van der Waals surface area contributed by atoms with E-state index in [4.69, 9.17) is 0 Å². The van der Waals surface area contributed by atoms with Gasteiger partial charge in [-0.05, 0) is 29.9 Å². The maximum absolute atomic E-state index is 12.5. The van der Waals surface area contributed by atoms with Gasteiger partial charge in [0, 0.05) is 32.1 Å². The molecular weight excluding hydrogens is 300 g/mol. The van der Waals surface area contributed by atoms with Crippen LogP contribution in [0.3, 0.4) is 0 Å². The smallest absolute Gasteiger partial charge is 0.227 e. The Labute approximate surface area is 144 Å². The second-order valence-corrected chi connectivity index (χ2v) is 7.41. The number of hydrogen-bond acceptors (Lipinski definition) is 2. The van der Waals surface area contributed by atoms with Crippen LogP contribution in [0.1, 0.15) is 50.2 Å². The van der Waals surface area contributed by atoms with Crippen LogP contribution in [-0.4, -0.2) is 47.8 Å².